The van der Waals surface area contributed by atoms with Gasteiger partial charge in [0.1, 0.15) is 17.7 Å². The van der Waals surface area contributed by atoms with E-state index in [1.165, 1.54) is 18.4 Å². The van der Waals surface area contributed by atoms with E-state index in [0.29, 0.717) is 34.3 Å². The topological polar surface area (TPSA) is 90.0 Å². The third-order valence-corrected chi connectivity index (χ3v) is 7.10. The highest BCUT2D eigenvalue weighted by Gasteiger charge is 2.44. The zero-order valence-electron chi connectivity index (χ0n) is 18.8. The zero-order chi connectivity index (χ0) is 23.5. The number of nitrogens with zero attached hydrogens (tertiary/aromatic N) is 6. The average Bonchev–Trinajstić information content (AvgIpc) is 3.76. The fourth-order valence-electron chi connectivity index (χ4n) is 4.79. The van der Waals surface area contributed by atoms with Crippen LogP contribution in [-0.4, -0.2) is 35.3 Å². The molecular weight excluding hydrogens is 462 g/mol. The molecule has 1 amide bonds. The summed E-state index contributed by atoms with van der Waals surface area (Å²) in [7, 11) is 0. The van der Waals surface area contributed by atoms with E-state index in [4.69, 9.17) is 16.6 Å². The van der Waals surface area contributed by atoms with Gasteiger partial charge in [0.15, 0.2) is 11.3 Å². The maximum absolute atomic E-state index is 12.9. The molecule has 0 saturated heterocycles. The van der Waals surface area contributed by atoms with E-state index in [0.717, 1.165) is 23.3 Å². The summed E-state index contributed by atoms with van der Waals surface area (Å²) in [6.07, 6.45) is 9.17. The quantitative estimate of drug-likeness (QED) is 0.375. The molecule has 8 nitrogen and oxygen atoms in total. The first-order valence-electron chi connectivity index (χ1n) is 11.8. The molecule has 35 heavy (non-hydrogen) atoms. The molecule has 0 unspecified atom stereocenters. The van der Waals surface area contributed by atoms with Crippen LogP contribution >= 0.6 is 11.6 Å². The number of carbonyl (C=O) groups excluding carboxylic acids is 1. The number of carbonyl (C=O) groups is 1. The Morgan fingerprint density at radius 1 is 1.09 bits per heavy atom. The number of halogens is 1. The highest BCUT2D eigenvalue weighted by atomic mass is 35.5. The number of amides is 1. The first-order valence-corrected chi connectivity index (χ1v) is 12.2. The third kappa shape index (κ3) is 3.93. The van der Waals surface area contributed by atoms with Crippen molar-refractivity contribution in [3.63, 3.8) is 0 Å². The minimum atomic E-state index is -0.0981. The second-order valence-corrected chi connectivity index (χ2v) is 9.92. The first kappa shape index (κ1) is 20.6. The van der Waals surface area contributed by atoms with E-state index >= 15 is 0 Å². The van der Waals surface area contributed by atoms with Gasteiger partial charge in [0.2, 0.25) is 5.91 Å². The van der Waals surface area contributed by atoms with Crippen molar-refractivity contribution >= 4 is 40.0 Å². The van der Waals surface area contributed by atoms with E-state index in [9.17, 15) is 4.79 Å². The number of aromatic nitrogens is 6. The third-order valence-electron chi connectivity index (χ3n) is 6.86. The van der Waals surface area contributed by atoms with Crippen molar-refractivity contribution in [3.05, 3.63) is 82.9 Å². The van der Waals surface area contributed by atoms with E-state index in [2.05, 4.69) is 43.2 Å². The molecule has 174 valence electrons. The second-order valence-electron chi connectivity index (χ2n) is 9.49. The number of hydrogen-bond acceptors (Lipinski definition) is 5. The minimum absolute atomic E-state index is 0.0589. The number of nitrogens with one attached hydrogen (secondary N) is 1. The molecule has 5 aromatic rings. The molecule has 0 bridgehead atoms. The Balaban J connectivity index is 1.09. The highest BCUT2D eigenvalue weighted by molar-refractivity contribution is 6.30. The monoisotopic (exact) mass is 483 g/mol. The number of hydrogen-bond donors (Lipinski definition) is 1. The van der Waals surface area contributed by atoms with Crippen molar-refractivity contribution in [2.45, 2.75) is 37.6 Å². The largest absolute Gasteiger partial charge is 0.309 e. The van der Waals surface area contributed by atoms with Crippen LogP contribution in [0.3, 0.4) is 0 Å². The van der Waals surface area contributed by atoms with Crippen molar-refractivity contribution < 1.29 is 4.79 Å². The van der Waals surface area contributed by atoms with Gasteiger partial charge in [0.05, 0.1) is 5.69 Å². The number of fused-ring (bicyclic) bond motifs is 2. The van der Waals surface area contributed by atoms with Crippen LogP contribution in [0.4, 0.5) is 5.82 Å². The van der Waals surface area contributed by atoms with Crippen LogP contribution in [0.25, 0.3) is 16.7 Å². The van der Waals surface area contributed by atoms with Crippen LogP contribution in [-0.2, 0) is 11.3 Å². The van der Waals surface area contributed by atoms with Crippen LogP contribution in [0.5, 0.6) is 0 Å². The number of rotatable bonds is 6. The predicted octanol–water partition coefficient (Wildman–Crippen LogP) is 4.80. The molecule has 1 aromatic carbocycles. The van der Waals surface area contributed by atoms with Gasteiger partial charge in [-0.1, -0.05) is 29.8 Å². The van der Waals surface area contributed by atoms with Crippen LogP contribution in [0.15, 0.2) is 61.1 Å². The van der Waals surface area contributed by atoms with Gasteiger partial charge < -0.3 is 9.72 Å². The fraction of sp³-hybridized carbons (Fsp3) is 0.269. The molecule has 1 N–H and O–H groups in total. The molecular formula is C26H22ClN7O. The predicted molar refractivity (Wildman–Crippen MR) is 133 cm³/mol. The Morgan fingerprint density at radius 2 is 2.00 bits per heavy atom. The zero-order valence-corrected chi connectivity index (χ0v) is 19.6. The van der Waals surface area contributed by atoms with Crippen LogP contribution in [0.2, 0.25) is 5.02 Å². The number of pyridine rings is 2. The second kappa shape index (κ2) is 7.88. The lowest BCUT2D eigenvalue weighted by Gasteiger charge is -2.04. The lowest BCUT2D eigenvalue weighted by molar-refractivity contribution is -0.117. The van der Waals surface area contributed by atoms with E-state index in [1.807, 2.05) is 30.5 Å². The number of benzene rings is 1. The molecule has 2 atom stereocenters. The van der Waals surface area contributed by atoms with Crippen molar-refractivity contribution in [3.8, 4) is 0 Å². The molecule has 0 spiro atoms. The normalized spacial score (nSPS) is 19.3. The summed E-state index contributed by atoms with van der Waals surface area (Å²) in [6, 6.07) is 13.7. The lowest BCUT2D eigenvalue weighted by atomic mass is 10.1. The average molecular weight is 484 g/mol. The van der Waals surface area contributed by atoms with E-state index in [1.54, 1.807) is 17.1 Å². The van der Waals surface area contributed by atoms with Gasteiger partial charge in [-0.2, -0.15) is 9.90 Å². The van der Waals surface area contributed by atoms with Gasteiger partial charge in [-0.05, 0) is 66.5 Å². The van der Waals surface area contributed by atoms with Gasteiger partial charge in [-0.15, -0.1) is 5.10 Å². The molecule has 2 aliphatic rings. The molecule has 0 aliphatic heterocycles. The SMILES string of the molecule is O=C(Nc1nccc2nn(Cc3cn4cc(C5CC5)ccc4n3)nc12)[C@H]1C[C@@H]1c1cccc(Cl)c1. The molecule has 2 fully saturated rings. The standard InChI is InChI=1S/C26H22ClN7O/c27-18-3-1-2-16(10-18)20-11-21(20)26(35)30-25-24-22(8-9-28-25)31-34(32-24)14-19-13-33-12-17(15-4-5-15)6-7-23(33)29-19/h1-3,6-10,12-13,15,20-21H,4-5,11,14H2,(H,28,30,35)/t20-,21+/m1/s1. The van der Waals surface area contributed by atoms with Gasteiger partial charge in [0.25, 0.3) is 0 Å². The Bertz CT molecular complexity index is 1600. The summed E-state index contributed by atoms with van der Waals surface area (Å²) in [5.74, 6) is 1.15. The smallest absolute Gasteiger partial charge is 0.229 e. The molecule has 2 aliphatic carbocycles. The summed E-state index contributed by atoms with van der Waals surface area (Å²) < 4.78 is 2.07. The van der Waals surface area contributed by atoms with Gasteiger partial charge in [0, 0.05) is 29.5 Å². The maximum atomic E-state index is 12.9. The van der Waals surface area contributed by atoms with Gasteiger partial charge in [-0.3, -0.25) is 4.79 Å². The summed E-state index contributed by atoms with van der Waals surface area (Å²) in [4.78, 5) is 23.6. The summed E-state index contributed by atoms with van der Waals surface area (Å²) in [5, 5.41) is 12.9. The van der Waals surface area contributed by atoms with Crippen molar-refractivity contribution in [1.29, 1.82) is 0 Å². The van der Waals surface area contributed by atoms with Crippen molar-refractivity contribution in [2.75, 3.05) is 5.32 Å². The molecule has 0 radical (unpaired) electrons. The first-order chi connectivity index (χ1) is 17.1. The van der Waals surface area contributed by atoms with Crippen molar-refractivity contribution in [1.82, 2.24) is 29.4 Å². The van der Waals surface area contributed by atoms with Gasteiger partial charge in [-0.25, -0.2) is 9.97 Å². The Kier molecular flexibility index (Phi) is 4.63. The summed E-state index contributed by atoms with van der Waals surface area (Å²) in [5.41, 5.74) is 5.49. The number of imidazole rings is 1. The van der Waals surface area contributed by atoms with Gasteiger partial charge >= 0.3 is 0 Å². The Morgan fingerprint density at radius 3 is 2.86 bits per heavy atom. The van der Waals surface area contributed by atoms with E-state index < -0.39 is 0 Å². The maximum Gasteiger partial charge on any atom is 0.229 e. The fourth-order valence-corrected chi connectivity index (χ4v) is 4.99. The molecule has 9 heteroatoms. The molecule has 4 aromatic heterocycles. The lowest BCUT2D eigenvalue weighted by Crippen LogP contribution is -2.16. The van der Waals surface area contributed by atoms with E-state index in [-0.39, 0.29) is 17.7 Å². The number of anilines is 1. The molecule has 7 rings (SSSR count). The Labute approximate surface area is 206 Å². The minimum Gasteiger partial charge on any atom is -0.309 e. The molecule has 2 saturated carbocycles. The summed E-state index contributed by atoms with van der Waals surface area (Å²) in [6.45, 7) is 0.433. The molecule has 4 heterocycles. The van der Waals surface area contributed by atoms with Crippen LogP contribution < -0.4 is 5.32 Å². The van der Waals surface area contributed by atoms with Crippen molar-refractivity contribution in [2.24, 2.45) is 5.92 Å². The highest BCUT2D eigenvalue weighted by Crippen LogP contribution is 2.48. The summed E-state index contributed by atoms with van der Waals surface area (Å²) >= 11 is 6.11. The van der Waals surface area contributed by atoms with Crippen LogP contribution in [0, 0.1) is 5.92 Å². The van der Waals surface area contributed by atoms with Crippen LogP contribution in [0.1, 0.15) is 47.9 Å². The Hall–Kier alpha value is -3.78.